The van der Waals surface area contributed by atoms with Crippen LogP contribution in [0.3, 0.4) is 0 Å². The first kappa shape index (κ1) is 13.1. The van der Waals surface area contributed by atoms with Crippen molar-refractivity contribution in [1.82, 2.24) is 4.98 Å². The summed E-state index contributed by atoms with van der Waals surface area (Å²) < 4.78 is 5.40. The molecule has 0 saturated carbocycles. The van der Waals surface area contributed by atoms with Crippen molar-refractivity contribution in [2.24, 2.45) is 0 Å². The molecule has 7 heteroatoms. The Balaban J connectivity index is 2.19. The molecule has 0 unspecified atom stereocenters. The van der Waals surface area contributed by atoms with Gasteiger partial charge in [0.05, 0.1) is 9.95 Å². The first-order valence-electron chi connectivity index (χ1n) is 5.34. The average Bonchev–Trinajstić information content (AvgIpc) is 2.39. The fourth-order valence-electron chi connectivity index (χ4n) is 1.46. The number of ether oxygens (including phenoxy) is 1. The number of aromatic nitrogens is 1. The molecule has 2 aromatic rings. The van der Waals surface area contributed by atoms with Crippen molar-refractivity contribution >= 4 is 23.1 Å². The molecular weight excluding hydrogens is 270 g/mol. The van der Waals surface area contributed by atoms with Crippen LogP contribution in [0.15, 0.2) is 36.5 Å². The number of nitrogen functional groups attached to an aromatic ring is 1. The number of para-hydroxylation sites is 1. The van der Waals surface area contributed by atoms with Crippen LogP contribution in [0, 0.1) is 10.1 Å². The highest BCUT2D eigenvalue weighted by molar-refractivity contribution is 6.32. The molecule has 1 aromatic carbocycles. The summed E-state index contributed by atoms with van der Waals surface area (Å²) in [4.78, 5) is 14.2. The number of pyridine rings is 1. The van der Waals surface area contributed by atoms with Gasteiger partial charge in [-0.2, -0.15) is 0 Å². The lowest BCUT2D eigenvalue weighted by molar-refractivity contribution is -0.385. The Labute approximate surface area is 113 Å². The molecule has 98 valence electrons. The third kappa shape index (κ3) is 3.11. The lowest BCUT2D eigenvalue weighted by Crippen LogP contribution is -2.00. The van der Waals surface area contributed by atoms with Gasteiger partial charge < -0.3 is 10.5 Å². The number of hydrogen-bond donors (Lipinski definition) is 1. The lowest BCUT2D eigenvalue weighted by Gasteiger charge is -2.08. The second kappa shape index (κ2) is 5.53. The molecule has 0 radical (unpaired) electrons. The molecule has 2 rings (SSSR count). The first-order chi connectivity index (χ1) is 9.08. The van der Waals surface area contributed by atoms with Gasteiger partial charge in [-0.1, -0.05) is 23.7 Å². The second-order valence-electron chi connectivity index (χ2n) is 3.73. The monoisotopic (exact) mass is 279 g/mol. The van der Waals surface area contributed by atoms with Gasteiger partial charge in [0.15, 0.2) is 0 Å². The largest absolute Gasteiger partial charge is 0.481 e. The van der Waals surface area contributed by atoms with E-state index in [0.29, 0.717) is 5.82 Å². The number of hydrogen-bond acceptors (Lipinski definition) is 5. The van der Waals surface area contributed by atoms with Crippen LogP contribution in [0.4, 0.5) is 11.5 Å². The molecule has 0 atom stereocenters. The number of anilines is 1. The van der Waals surface area contributed by atoms with Crippen LogP contribution in [0.25, 0.3) is 0 Å². The maximum atomic E-state index is 10.9. The van der Waals surface area contributed by atoms with Crippen molar-refractivity contribution in [3.05, 3.63) is 57.2 Å². The van der Waals surface area contributed by atoms with Gasteiger partial charge in [-0.3, -0.25) is 10.1 Å². The van der Waals surface area contributed by atoms with Crippen LogP contribution < -0.4 is 10.5 Å². The summed E-state index contributed by atoms with van der Waals surface area (Å²) in [5.41, 5.74) is 6.03. The normalized spacial score (nSPS) is 10.2. The minimum atomic E-state index is -0.539. The van der Waals surface area contributed by atoms with E-state index in [1.54, 1.807) is 12.1 Å². The van der Waals surface area contributed by atoms with Crippen molar-refractivity contribution in [2.45, 2.75) is 6.61 Å². The zero-order valence-electron chi connectivity index (χ0n) is 9.75. The Morgan fingerprint density at radius 2 is 2.16 bits per heavy atom. The highest BCUT2D eigenvalue weighted by Crippen LogP contribution is 2.34. The van der Waals surface area contributed by atoms with Crippen LogP contribution in [-0.4, -0.2) is 9.91 Å². The molecule has 0 amide bonds. The summed E-state index contributed by atoms with van der Waals surface area (Å²) in [7, 11) is 0. The van der Waals surface area contributed by atoms with Crippen molar-refractivity contribution < 1.29 is 9.66 Å². The van der Waals surface area contributed by atoms with Gasteiger partial charge in [-0.15, -0.1) is 0 Å². The number of nitrogens with zero attached hydrogens (tertiary/aromatic N) is 2. The maximum Gasteiger partial charge on any atom is 0.312 e. The zero-order valence-corrected chi connectivity index (χ0v) is 10.5. The van der Waals surface area contributed by atoms with Gasteiger partial charge in [-0.05, 0) is 12.1 Å². The van der Waals surface area contributed by atoms with E-state index in [1.165, 1.54) is 24.4 Å². The number of halogens is 1. The summed E-state index contributed by atoms with van der Waals surface area (Å²) >= 11 is 5.90. The fourth-order valence-corrected chi connectivity index (χ4v) is 1.69. The van der Waals surface area contributed by atoms with E-state index in [2.05, 4.69) is 4.98 Å². The lowest BCUT2D eigenvalue weighted by atomic mass is 10.3. The van der Waals surface area contributed by atoms with E-state index in [0.717, 1.165) is 5.56 Å². The molecule has 0 bridgehead atoms. The van der Waals surface area contributed by atoms with Gasteiger partial charge in [-0.25, -0.2) is 4.98 Å². The van der Waals surface area contributed by atoms with Crippen molar-refractivity contribution in [1.29, 1.82) is 0 Å². The maximum absolute atomic E-state index is 10.9. The van der Waals surface area contributed by atoms with Crippen molar-refractivity contribution in [2.75, 3.05) is 5.73 Å². The molecule has 0 aliphatic carbocycles. The Morgan fingerprint density at radius 1 is 1.37 bits per heavy atom. The Kier molecular flexibility index (Phi) is 3.82. The second-order valence-corrected chi connectivity index (χ2v) is 4.13. The molecule has 0 aliphatic rings. The number of benzene rings is 1. The average molecular weight is 280 g/mol. The fraction of sp³-hybridized carbons (Fsp3) is 0.0833. The summed E-state index contributed by atoms with van der Waals surface area (Å²) in [6, 6.07) is 7.72. The summed E-state index contributed by atoms with van der Waals surface area (Å²) in [6.07, 6.45) is 1.54. The molecule has 2 N–H and O–H groups in total. The van der Waals surface area contributed by atoms with E-state index in [9.17, 15) is 10.1 Å². The molecule has 6 nitrogen and oxygen atoms in total. The summed E-state index contributed by atoms with van der Waals surface area (Å²) in [5.74, 6) is 0.443. The number of nitrogens with two attached hydrogens (primary N) is 1. The predicted octanol–water partition coefficient (Wildman–Crippen LogP) is 2.80. The van der Waals surface area contributed by atoms with Crippen LogP contribution >= 0.6 is 11.6 Å². The Bertz CT molecular complexity index is 602. The number of nitro benzene ring substituents is 1. The van der Waals surface area contributed by atoms with E-state index < -0.39 is 4.92 Å². The van der Waals surface area contributed by atoms with Crippen molar-refractivity contribution in [3.8, 4) is 5.75 Å². The smallest absolute Gasteiger partial charge is 0.312 e. The number of rotatable bonds is 4. The molecule has 19 heavy (non-hydrogen) atoms. The van der Waals surface area contributed by atoms with E-state index in [4.69, 9.17) is 22.1 Å². The molecule has 1 aromatic heterocycles. The topological polar surface area (TPSA) is 91.3 Å². The Hall–Kier alpha value is -2.34. The SMILES string of the molecule is Nc1ccc(COc2c(Cl)cccc2[N+](=O)[O-])cn1. The minimum absolute atomic E-state index is 0.0472. The summed E-state index contributed by atoms with van der Waals surface area (Å²) in [5, 5.41) is 11.1. The quantitative estimate of drug-likeness (QED) is 0.686. The standard InChI is InChI=1S/C12H10ClN3O3/c13-9-2-1-3-10(16(17)18)12(9)19-7-8-4-5-11(14)15-6-8/h1-6H,7H2,(H2,14,15). The highest BCUT2D eigenvalue weighted by atomic mass is 35.5. The van der Waals surface area contributed by atoms with Crippen LogP contribution in [0.5, 0.6) is 5.75 Å². The van der Waals surface area contributed by atoms with Crippen LogP contribution in [-0.2, 0) is 6.61 Å². The van der Waals surface area contributed by atoms with E-state index in [1.807, 2.05) is 0 Å². The van der Waals surface area contributed by atoms with Gasteiger partial charge in [0.1, 0.15) is 12.4 Å². The van der Waals surface area contributed by atoms with E-state index >= 15 is 0 Å². The molecular formula is C12H10ClN3O3. The molecule has 1 heterocycles. The third-order valence-corrected chi connectivity index (χ3v) is 2.67. The predicted molar refractivity (Wildman–Crippen MR) is 71.1 cm³/mol. The van der Waals surface area contributed by atoms with Gasteiger partial charge >= 0.3 is 5.69 Å². The number of nitro groups is 1. The van der Waals surface area contributed by atoms with Crippen molar-refractivity contribution in [3.63, 3.8) is 0 Å². The molecule has 0 aliphatic heterocycles. The van der Waals surface area contributed by atoms with Gasteiger partial charge in [0.25, 0.3) is 0 Å². The van der Waals surface area contributed by atoms with Crippen LogP contribution in [0.2, 0.25) is 5.02 Å². The first-order valence-corrected chi connectivity index (χ1v) is 5.72. The minimum Gasteiger partial charge on any atom is -0.481 e. The van der Waals surface area contributed by atoms with Gasteiger partial charge in [0, 0.05) is 17.8 Å². The Morgan fingerprint density at radius 3 is 2.79 bits per heavy atom. The third-order valence-electron chi connectivity index (χ3n) is 2.37. The highest BCUT2D eigenvalue weighted by Gasteiger charge is 2.18. The van der Waals surface area contributed by atoms with Crippen LogP contribution in [0.1, 0.15) is 5.56 Å². The summed E-state index contributed by atoms with van der Waals surface area (Å²) in [6.45, 7) is 0.123. The molecule has 0 saturated heterocycles. The molecule has 0 fully saturated rings. The van der Waals surface area contributed by atoms with E-state index in [-0.39, 0.29) is 23.1 Å². The molecule has 0 spiro atoms. The van der Waals surface area contributed by atoms with Gasteiger partial charge in [0.2, 0.25) is 5.75 Å². The zero-order chi connectivity index (χ0) is 13.8.